The number of hydrogen-bond acceptors (Lipinski definition) is 4. The summed E-state index contributed by atoms with van der Waals surface area (Å²) in [6.45, 7) is 7.48. The van der Waals surface area contributed by atoms with Gasteiger partial charge in [0.1, 0.15) is 0 Å². The van der Waals surface area contributed by atoms with E-state index in [1.165, 1.54) is 0 Å². The van der Waals surface area contributed by atoms with Crippen LogP contribution in [0.2, 0.25) is 0 Å². The number of aliphatic imine (C=N–C) groups is 1. The maximum absolute atomic E-state index is 11.6. The molecule has 0 bridgehead atoms. The first-order valence-electron chi connectivity index (χ1n) is 5.46. The Hall–Kier alpha value is -2.80. The molecule has 0 N–H and O–H groups in total. The number of carbonyl (C=O) groups excluding carboxylic acids is 1. The molecule has 5 heteroatoms. The number of esters is 1. The van der Waals surface area contributed by atoms with Crippen LogP contribution in [-0.2, 0) is 9.53 Å². The molecular weight excluding hydrogens is 468 g/mol. The van der Waals surface area contributed by atoms with Crippen molar-refractivity contribution in [3.8, 4) is 0 Å². The molecule has 0 aromatic rings. The molecule has 1 atom stereocenters. The second-order valence-electron chi connectivity index (χ2n) is 3.57. The van der Waals surface area contributed by atoms with E-state index in [0.717, 1.165) is 11.9 Å². The first-order valence-corrected chi connectivity index (χ1v) is 5.46. The predicted molar refractivity (Wildman–Crippen MR) is 67.4 cm³/mol. The monoisotopic (exact) mass is 485 g/mol. The van der Waals surface area contributed by atoms with E-state index in [1.54, 1.807) is 25.2 Å². The van der Waals surface area contributed by atoms with Gasteiger partial charge in [0, 0.05) is 6.04 Å². The fourth-order valence-electron chi connectivity index (χ4n) is 1.48. The van der Waals surface area contributed by atoms with E-state index in [9.17, 15) is 4.79 Å². The van der Waals surface area contributed by atoms with E-state index in [4.69, 9.17) is 4.74 Å². The Morgan fingerprint density at radius 1 is 1.72 bits per heavy atom. The summed E-state index contributed by atoms with van der Waals surface area (Å²) in [6, 6.07) is 0.345. The molecule has 1 aliphatic heterocycles. The van der Waals surface area contributed by atoms with Crippen molar-refractivity contribution in [1.82, 2.24) is 4.90 Å². The van der Waals surface area contributed by atoms with Crippen LogP contribution in [0.3, 0.4) is 0 Å². The summed E-state index contributed by atoms with van der Waals surface area (Å²) in [7, 11) is 1.87. The molecule has 0 saturated carbocycles. The normalized spacial score (nSPS) is 19.2. The number of amidine groups is 1. The van der Waals surface area contributed by atoms with Crippen LogP contribution in [-0.4, -0.2) is 36.4 Å². The van der Waals surface area contributed by atoms with Crippen LogP contribution in [0, 0.1) is 6.04 Å². The van der Waals surface area contributed by atoms with Crippen LogP contribution in [0.4, 0.5) is 0 Å². The van der Waals surface area contributed by atoms with Crippen LogP contribution in [0.25, 0.3) is 0 Å². The van der Waals surface area contributed by atoms with Crippen LogP contribution >= 0.6 is 0 Å². The smallest absolute Gasteiger partial charge is 0.301 e. The molecule has 18 heavy (non-hydrogen) atoms. The molecule has 1 aliphatic rings. The number of hydrogen-bond donors (Lipinski definition) is 0. The Balaban J connectivity index is 0.00000289. The van der Waals surface area contributed by atoms with Crippen molar-refractivity contribution >= 4 is 11.8 Å². The van der Waals surface area contributed by atoms with Crippen molar-refractivity contribution in [2.45, 2.75) is 19.9 Å². The summed E-state index contributed by atoms with van der Waals surface area (Å²) in [5.41, 5.74) is 2.64. The van der Waals surface area contributed by atoms with Crippen molar-refractivity contribution in [2.75, 3.05) is 13.7 Å². The Morgan fingerprint density at radius 2 is 2.39 bits per heavy atom. The molecule has 1 heterocycles. The summed E-state index contributed by atoms with van der Waals surface area (Å²) in [5, 5.41) is 0. The average Bonchev–Trinajstić information content (AvgIpc) is 2.58. The topological polar surface area (TPSA) is 41.9 Å². The van der Waals surface area contributed by atoms with Crippen molar-refractivity contribution in [2.24, 2.45) is 4.99 Å². The number of carbonyl (C=O) groups is 1. The third-order valence-corrected chi connectivity index (χ3v) is 2.50. The van der Waals surface area contributed by atoms with Crippen molar-refractivity contribution < 1.29 is 9.53 Å². The molecule has 0 spiro atoms. The van der Waals surface area contributed by atoms with Gasteiger partial charge in [-0.25, -0.2) is 0 Å². The van der Waals surface area contributed by atoms with Gasteiger partial charge in [-0.1, -0.05) is 12.7 Å². The first kappa shape index (κ1) is 15.2. The van der Waals surface area contributed by atoms with Crippen LogP contribution < -0.4 is 0 Å². The minimum atomic E-state index is -0.521. The van der Waals surface area contributed by atoms with Gasteiger partial charge in [-0.05, 0) is 26.1 Å². The number of rotatable bonds is 4. The summed E-state index contributed by atoms with van der Waals surface area (Å²) in [6.07, 6.45) is 5.27. The SMILES string of the molecule is C=C=C/C=C\C1=NC(C(=O)OCC)[C-](C)N1C.[Es]. The van der Waals surface area contributed by atoms with Gasteiger partial charge in [0.05, 0.1) is 12.4 Å². The molecule has 0 aliphatic carbocycles. The number of allylic oxidation sites excluding steroid dienone is 2. The number of likely N-dealkylation sites (N-methyl/N-ethyl adjacent to an activating group) is 1. The van der Waals surface area contributed by atoms with Crippen LogP contribution in [0.15, 0.2) is 35.5 Å². The van der Waals surface area contributed by atoms with E-state index in [-0.39, 0.29) is 5.97 Å². The predicted octanol–water partition coefficient (Wildman–Crippen LogP) is 1.71. The van der Waals surface area contributed by atoms with Crippen molar-refractivity contribution in [3.63, 3.8) is 0 Å². The molecule has 1 radical (unpaired) electrons. The van der Waals surface area contributed by atoms with Gasteiger partial charge in [-0.15, -0.1) is 5.73 Å². The van der Waals surface area contributed by atoms with Gasteiger partial charge >= 0.3 is 5.97 Å². The van der Waals surface area contributed by atoms with E-state index in [2.05, 4.69) is 17.3 Å². The van der Waals surface area contributed by atoms with Gasteiger partial charge < -0.3 is 9.64 Å². The van der Waals surface area contributed by atoms with E-state index >= 15 is 0 Å². The van der Waals surface area contributed by atoms with Gasteiger partial charge in [0.2, 0.25) is 0 Å². The van der Waals surface area contributed by atoms with Gasteiger partial charge in [0.25, 0.3) is 0 Å². The fraction of sp³-hybridized carbons (Fsp3) is 0.385. The molecule has 1 unspecified atom stereocenters. The Kier molecular flexibility index (Phi) is 5.67. The Labute approximate surface area is 102 Å². The largest absolute Gasteiger partial charge is 0.505 e. The quantitative estimate of drug-likeness (QED) is 0.264. The molecule has 103 valence electrons. The zero-order valence-corrected chi connectivity index (χ0v) is 13.2. The third kappa shape index (κ3) is 3.09. The van der Waals surface area contributed by atoms with Gasteiger partial charge in [-0.2, -0.15) is 13.0 Å². The maximum atomic E-state index is 11.6. The zero-order chi connectivity index (χ0) is 12.8. The third-order valence-electron chi connectivity index (χ3n) is 2.50. The van der Waals surface area contributed by atoms with Crippen molar-refractivity contribution in [1.29, 1.82) is 0 Å². The van der Waals surface area contributed by atoms with E-state index in [0.29, 0.717) is 6.61 Å². The molecule has 0 aromatic heterocycles. The Morgan fingerprint density at radius 3 is 2.94 bits per heavy atom. The summed E-state index contributed by atoms with van der Waals surface area (Å²) < 4.78 is 4.97. The fourth-order valence-corrected chi connectivity index (χ4v) is 1.48. The first-order chi connectivity index (χ1) is 8.11. The summed E-state index contributed by atoms with van der Waals surface area (Å²) in [5.74, 6) is 0.423. The maximum Gasteiger partial charge on any atom is 0.301 e. The molecule has 0 amide bonds. The van der Waals surface area contributed by atoms with Gasteiger partial charge in [0.15, 0.2) is 0 Å². The molecule has 0 fully saturated rings. The molecule has 0 aromatic carbocycles. The summed E-state index contributed by atoms with van der Waals surface area (Å²) >= 11 is 0. The van der Waals surface area contributed by atoms with Gasteiger partial charge in [-0.3, -0.25) is 9.79 Å². The Bertz CT molecular complexity index is 398. The number of nitrogens with zero attached hydrogens (tertiary/aromatic N) is 2. The minimum Gasteiger partial charge on any atom is -0.505 e. The van der Waals surface area contributed by atoms with E-state index in [1.807, 2.05) is 18.9 Å². The number of ether oxygens (including phenoxy) is 1. The second-order valence-corrected chi connectivity index (χ2v) is 3.57. The second kappa shape index (κ2) is 6.71. The van der Waals surface area contributed by atoms with Crippen molar-refractivity contribution in [3.05, 3.63) is 36.6 Å². The average molecular weight is 485 g/mol. The molecule has 0 saturated heterocycles. The minimum absolute atomic E-state index is 0. The standard InChI is InChI=1S/C13H17N2O2.Es/c1-5-7-8-9-11-14-12(10(3)15(11)4)13(16)17-6-2;/h7-9,12H,1,6H2,2-4H3;/q-1;/b9-8-;. The van der Waals surface area contributed by atoms with Crippen LogP contribution in [0.1, 0.15) is 13.8 Å². The zero-order valence-electron chi connectivity index (χ0n) is 10.7. The molecular formula is C13H17EsN2O2-. The van der Waals surface area contributed by atoms with Crippen LogP contribution in [0.5, 0.6) is 0 Å². The van der Waals surface area contributed by atoms with E-state index < -0.39 is 6.04 Å². The molecule has 1 rings (SSSR count). The molecule has 4 nitrogen and oxygen atoms in total. The summed E-state index contributed by atoms with van der Waals surface area (Å²) in [4.78, 5) is 17.8.